The van der Waals surface area contributed by atoms with Gasteiger partial charge >= 0.3 is 12.1 Å². The molecule has 8 heteroatoms. The van der Waals surface area contributed by atoms with Gasteiger partial charge in [0.1, 0.15) is 5.82 Å². The van der Waals surface area contributed by atoms with Crippen LogP contribution in [0.5, 0.6) is 0 Å². The third-order valence-electron chi connectivity index (χ3n) is 4.33. The van der Waals surface area contributed by atoms with Crippen LogP contribution in [0.4, 0.5) is 17.6 Å². The molecule has 4 nitrogen and oxygen atoms in total. The average Bonchev–Trinajstić information content (AvgIpc) is 2.44. The summed E-state index contributed by atoms with van der Waals surface area (Å²) < 4.78 is 51.6. The molecule has 1 aliphatic rings. The van der Waals surface area contributed by atoms with Crippen LogP contribution in [0.25, 0.3) is 0 Å². The largest absolute Gasteiger partial charge is 0.480 e. The highest BCUT2D eigenvalue weighted by Crippen LogP contribution is 2.31. The molecular weight excluding hydrogens is 328 g/mol. The fraction of sp³-hybridized carbons (Fsp3) is 0.562. The van der Waals surface area contributed by atoms with Crippen molar-refractivity contribution in [2.75, 3.05) is 13.1 Å². The summed E-state index contributed by atoms with van der Waals surface area (Å²) in [5.74, 6) is -1.56. The number of carboxylic acids is 1. The number of nitrogens with one attached hydrogen (secondary N) is 1. The van der Waals surface area contributed by atoms with Crippen LogP contribution in [-0.2, 0) is 17.5 Å². The zero-order valence-corrected chi connectivity index (χ0v) is 13.2. The Labute approximate surface area is 137 Å². The summed E-state index contributed by atoms with van der Waals surface area (Å²) in [4.78, 5) is 12.6. The topological polar surface area (TPSA) is 52.6 Å². The highest BCUT2D eigenvalue weighted by atomic mass is 19.4. The van der Waals surface area contributed by atoms with Gasteiger partial charge < -0.3 is 10.4 Å². The van der Waals surface area contributed by atoms with Crippen LogP contribution in [0, 0.1) is 5.82 Å². The van der Waals surface area contributed by atoms with E-state index < -0.39 is 23.5 Å². The van der Waals surface area contributed by atoms with Gasteiger partial charge in [-0.1, -0.05) is 6.92 Å². The molecule has 2 rings (SSSR count). The number of carbonyl (C=O) groups is 1. The molecule has 2 N–H and O–H groups in total. The molecule has 1 saturated carbocycles. The van der Waals surface area contributed by atoms with E-state index in [0.29, 0.717) is 19.4 Å². The Morgan fingerprint density at radius 2 is 2.04 bits per heavy atom. The van der Waals surface area contributed by atoms with Gasteiger partial charge in [-0.2, -0.15) is 13.2 Å². The van der Waals surface area contributed by atoms with Crippen molar-refractivity contribution in [3.63, 3.8) is 0 Å². The maximum absolute atomic E-state index is 13.7. The van der Waals surface area contributed by atoms with Crippen LogP contribution < -0.4 is 5.32 Å². The van der Waals surface area contributed by atoms with Crippen molar-refractivity contribution in [3.8, 4) is 0 Å². The third kappa shape index (κ3) is 4.67. The molecule has 0 radical (unpaired) electrons. The van der Waals surface area contributed by atoms with Gasteiger partial charge in [-0.25, -0.2) is 4.39 Å². The first-order chi connectivity index (χ1) is 11.2. The van der Waals surface area contributed by atoms with E-state index in [-0.39, 0.29) is 30.7 Å². The minimum absolute atomic E-state index is 0.0121. The van der Waals surface area contributed by atoms with Gasteiger partial charge in [0.05, 0.1) is 12.1 Å². The lowest BCUT2D eigenvalue weighted by Crippen LogP contribution is -2.53. The molecule has 0 aliphatic heterocycles. The molecular formula is C16H20F4N2O2. The highest BCUT2D eigenvalue weighted by molar-refractivity contribution is 5.69. The molecule has 0 aromatic heterocycles. The number of likely N-dealkylation sites (N-methyl/N-ethyl adjacent to an activating group) is 1. The van der Waals surface area contributed by atoms with Crippen molar-refractivity contribution in [1.82, 2.24) is 10.2 Å². The third-order valence-corrected chi connectivity index (χ3v) is 4.33. The standard InChI is InChI=1S/C16H20F4N2O2/c1-2-22(9-15(23)24)13-6-12(7-13)21-8-10-5-11(16(18,19)20)3-4-14(10)17/h3-5,12-13,21H,2,6-9H2,1H3,(H,23,24). The van der Waals surface area contributed by atoms with E-state index in [1.165, 1.54) is 0 Å². The van der Waals surface area contributed by atoms with Crippen LogP contribution in [0.3, 0.4) is 0 Å². The Bertz CT molecular complexity index is 586. The first-order valence-electron chi connectivity index (χ1n) is 7.75. The SMILES string of the molecule is CCN(CC(=O)O)C1CC(NCc2cc(C(F)(F)F)ccc2F)C1. The molecule has 134 valence electrons. The van der Waals surface area contributed by atoms with E-state index in [2.05, 4.69) is 5.32 Å². The number of hydrogen-bond donors (Lipinski definition) is 2. The van der Waals surface area contributed by atoms with E-state index in [4.69, 9.17) is 5.11 Å². The molecule has 0 atom stereocenters. The first kappa shape index (κ1) is 18.7. The van der Waals surface area contributed by atoms with Gasteiger partial charge in [-0.15, -0.1) is 0 Å². The molecule has 0 spiro atoms. The minimum Gasteiger partial charge on any atom is -0.480 e. The summed E-state index contributed by atoms with van der Waals surface area (Å²) >= 11 is 0. The lowest BCUT2D eigenvalue weighted by Gasteiger charge is -2.42. The molecule has 0 heterocycles. The van der Waals surface area contributed by atoms with Gasteiger partial charge in [-0.05, 0) is 37.6 Å². The normalized spacial score (nSPS) is 20.9. The van der Waals surface area contributed by atoms with E-state index in [1.54, 1.807) is 0 Å². The number of aliphatic carboxylic acids is 1. The number of rotatable bonds is 7. The fourth-order valence-electron chi connectivity index (χ4n) is 2.87. The van der Waals surface area contributed by atoms with Gasteiger partial charge in [0.2, 0.25) is 0 Å². The van der Waals surface area contributed by atoms with Gasteiger partial charge in [-0.3, -0.25) is 9.69 Å². The lowest BCUT2D eigenvalue weighted by molar-refractivity contribution is -0.139. The van der Waals surface area contributed by atoms with Crippen molar-refractivity contribution >= 4 is 5.97 Å². The van der Waals surface area contributed by atoms with Crippen LogP contribution in [0.1, 0.15) is 30.9 Å². The molecule has 24 heavy (non-hydrogen) atoms. The van der Waals surface area contributed by atoms with E-state index in [0.717, 1.165) is 18.2 Å². The molecule has 1 fully saturated rings. The number of halogens is 4. The smallest absolute Gasteiger partial charge is 0.416 e. The molecule has 0 unspecified atom stereocenters. The summed E-state index contributed by atoms with van der Waals surface area (Å²) in [6, 6.07) is 2.56. The molecule has 1 aliphatic carbocycles. The van der Waals surface area contributed by atoms with E-state index >= 15 is 0 Å². The second-order valence-corrected chi connectivity index (χ2v) is 5.96. The summed E-state index contributed by atoms with van der Waals surface area (Å²) in [6.45, 7) is 2.47. The molecule has 0 amide bonds. The van der Waals surface area contributed by atoms with E-state index in [9.17, 15) is 22.4 Å². The minimum atomic E-state index is -4.50. The van der Waals surface area contributed by atoms with Crippen molar-refractivity contribution in [2.45, 2.75) is 44.6 Å². The quantitative estimate of drug-likeness (QED) is 0.744. The molecule has 1 aromatic carbocycles. The number of hydrogen-bond acceptors (Lipinski definition) is 3. The van der Waals surface area contributed by atoms with Crippen molar-refractivity contribution < 1.29 is 27.5 Å². The van der Waals surface area contributed by atoms with Crippen LogP contribution in [-0.4, -0.2) is 41.1 Å². The lowest BCUT2D eigenvalue weighted by atomic mass is 9.85. The van der Waals surface area contributed by atoms with Crippen molar-refractivity contribution in [2.24, 2.45) is 0 Å². The average molecular weight is 348 g/mol. The zero-order chi connectivity index (χ0) is 17.9. The second-order valence-electron chi connectivity index (χ2n) is 5.96. The monoisotopic (exact) mass is 348 g/mol. The summed E-state index contributed by atoms with van der Waals surface area (Å²) in [6.07, 6.45) is -3.11. The zero-order valence-electron chi connectivity index (χ0n) is 13.2. The Morgan fingerprint density at radius 3 is 2.58 bits per heavy atom. The number of carboxylic acid groups (broad SMARTS) is 1. The van der Waals surface area contributed by atoms with E-state index in [1.807, 2.05) is 11.8 Å². The first-order valence-corrected chi connectivity index (χ1v) is 7.75. The summed E-state index contributed by atoms with van der Waals surface area (Å²) in [5.41, 5.74) is -0.892. The highest BCUT2D eigenvalue weighted by Gasteiger charge is 2.34. The van der Waals surface area contributed by atoms with Gasteiger partial charge in [0, 0.05) is 24.2 Å². The number of alkyl halides is 3. The molecule has 0 saturated heterocycles. The Balaban J connectivity index is 1.86. The maximum atomic E-state index is 13.7. The number of nitrogens with zero attached hydrogens (tertiary/aromatic N) is 1. The van der Waals surface area contributed by atoms with Gasteiger partial charge in [0.15, 0.2) is 0 Å². The molecule has 0 bridgehead atoms. The Hall–Kier alpha value is -1.67. The van der Waals surface area contributed by atoms with Crippen LogP contribution in [0.2, 0.25) is 0 Å². The van der Waals surface area contributed by atoms with Gasteiger partial charge in [0.25, 0.3) is 0 Å². The van der Waals surface area contributed by atoms with Crippen LogP contribution in [0.15, 0.2) is 18.2 Å². The van der Waals surface area contributed by atoms with Crippen molar-refractivity contribution in [1.29, 1.82) is 0 Å². The Morgan fingerprint density at radius 1 is 1.38 bits per heavy atom. The summed E-state index contributed by atoms with van der Waals surface area (Å²) in [5, 5.41) is 11.9. The van der Waals surface area contributed by atoms with Crippen LogP contribution >= 0.6 is 0 Å². The Kier molecular flexibility index (Phi) is 5.82. The predicted octanol–water partition coefficient (Wildman–Crippen LogP) is 2.87. The maximum Gasteiger partial charge on any atom is 0.416 e. The summed E-state index contributed by atoms with van der Waals surface area (Å²) in [7, 11) is 0. The fourth-order valence-corrected chi connectivity index (χ4v) is 2.87. The second kappa shape index (κ2) is 7.48. The predicted molar refractivity (Wildman–Crippen MR) is 79.9 cm³/mol. The molecule has 1 aromatic rings. The number of benzene rings is 1. The van der Waals surface area contributed by atoms with Crippen molar-refractivity contribution in [3.05, 3.63) is 35.1 Å².